The van der Waals surface area contributed by atoms with Crippen LogP contribution in [-0.4, -0.2) is 30.9 Å². The summed E-state index contributed by atoms with van der Waals surface area (Å²) in [5, 5.41) is 8.56. The van der Waals surface area contributed by atoms with Crippen LogP contribution in [0, 0.1) is 23.2 Å². The van der Waals surface area contributed by atoms with Crippen LogP contribution in [0.15, 0.2) is 0 Å². The molecule has 0 aliphatic rings. The van der Waals surface area contributed by atoms with Gasteiger partial charge in [-0.25, -0.2) is 0 Å². The van der Waals surface area contributed by atoms with Crippen LogP contribution >= 0.6 is 0 Å². The Kier molecular flexibility index (Phi) is 5.09. The predicted octanol–water partition coefficient (Wildman–Crippen LogP) is 0.199. The monoisotopic (exact) mass is 183 g/mol. The molecule has 0 bridgehead atoms. The second-order valence-electron chi connectivity index (χ2n) is 3.55. The maximum atomic E-state index is 10.7. The largest absolute Gasteiger partial charge is 0.369 e. The highest BCUT2D eigenvalue weighted by atomic mass is 16.1. The van der Waals surface area contributed by atoms with E-state index in [1.54, 1.807) is 6.92 Å². The summed E-state index contributed by atoms with van der Waals surface area (Å²) in [7, 11) is 1.88. The molecule has 0 aliphatic heterocycles. The Balaban J connectivity index is 3.81. The topological polar surface area (TPSA) is 70.1 Å². The lowest BCUT2D eigenvalue weighted by Gasteiger charge is -2.20. The number of primary amides is 1. The molecule has 4 heteroatoms. The van der Waals surface area contributed by atoms with Crippen LogP contribution in [0.5, 0.6) is 0 Å². The highest BCUT2D eigenvalue weighted by Crippen LogP contribution is 2.00. The highest BCUT2D eigenvalue weighted by Gasteiger charge is 2.13. The number of carbonyl (C=O) groups is 1. The van der Waals surface area contributed by atoms with Gasteiger partial charge in [0.05, 0.1) is 12.0 Å². The Morgan fingerprint density at radius 3 is 2.46 bits per heavy atom. The van der Waals surface area contributed by atoms with Gasteiger partial charge in [0.25, 0.3) is 0 Å². The van der Waals surface area contributed by atoms with Gasteiger partial charge in [0, 0.05) is 19.0 Å². The van der Waals surface area contributed by atoms with Crippen molar-refractivity contribution in [2.45, 2.75) is 13.8 Å². The molecule has 0 saturated heterocycles. The molecule has 13 heavy (non-hydrogen) atoms. The van der Waals surface area contributed by atoms with Gasteiger partial charge in [0.2, 0.25) is 5.91 Å². The highest BCUT2D eigenvalue weighted by molar-refractivity contribution is 5.76. The molecular formula is C9H17N3O. The lowest BCUT2D eigenvalue weighted by molar-refractivity contribution is -0.121. The summed E-state index contributed by atoms with van der Waals surface area (Å²) in [5.74, 6) is -0.461. The van der Waals surface area contributed by atoms with Crippen LogP contribution in [0.4, 0.5) is 0 Å². The molecule has 0 rings (SSSR count). The van der Waals surface area contributed by atoms with Gasteiger partial charge in [0.1, 0.15) is 0 Å². The molecule has 0 saturated carbocycles. The Hall–Kier alpha value is -1.08. The minimum absolute atomic E-state index is 0.00919. The fourth-order valence-corrected chi connectivity index (χ4v) is 1.14. The van der Waals surface area contributed by atoms with E-state index >= 15 is 0 Å². The third-order valence-corrected chi connectivity index (χ3v) is 1.88. The maximum Gasteiger partial charge on any atom is 0.221 e. The normalized spacial score (nSPS) is 15.0. The predicted molar refractivity (Wildman–Crippen MR) is 50.6 cm³/mol. The minimum atomic E-state index is -0.295. The average Bonchev–Trinajstić information content (AvgIpc) is 2.03. The zero-order chi connectivity index (χ0) is 10.4. The third kappa shape index (κ3) is 5.21. The number of nitrogens with zero attached hydrogens (tertiary/aromatic N) is 2. The van der Waals surface area contributed by atoms with Gasteiger partial charge in [-0.1, -0.05) is 6.92 Å². The molecule has 4 nitrogen and oxygen atoms in total. The van der Waals surface area contributed by atoms with E-state index in [1.165, 1.54) is 0 Å². The van der Waals surface area contributed by atoms with E-state index in [-0.39, 0.29) is 17.7 Å². The Labute approximate surface area is 79.3 Å². The van der Waals surface area contributed by atoms with E-state index in [9.17, 15) is 4.79 Å². The SMILES string of the molecule is CC(C#N)CN(C)CC(C)C(N)=O. The quantitative estimate of drug-likeness (QED) is 0.662. The minimum Gasteiger partial charge on any atom is -0.369 e. The molecule has 0 fully saturated rings. The first-order valence-electron chi connectivity index (χ1n) is 4.34. The third-order valence-electron chi connectivity index (χ3n) is 1.88. The van der Waals surface area contributed by atoms with Gasteiger partial charge in [0.15, 0.2) is 0 Å². The van der Waals surface area contributed by atoms with Crippen LogP contribution in [0.3, 0.4) is 0 Å². The van der Waals surface area contributed by atoms with Gasteiger partial charge in [-0.3, -0.25) is 4.79 Å². The van der Waals surface area contributed by atoms with Gasteiger partial charge in [-0.2, -0.15) is 5.26 Å². The van der Waals surface area contributed by atoms with E-state index in [1.807, 2.05) is 18.9 Å². The lowest BCUT2D eigenvalue weighted by atomic mass is 10.1. The number of hydrogen-bond donors (Lipinski definition) is 1. The fourth-order valence-electron chi connectivity index (χ4n) is 1.14. The van der Waals surface area contributed by atoms with Crippen molar-refractivity contribution in [2.75, 3.05) is 20.1 Å². The molecule has 2 N–H and O–H groups in total. The summed E-state index contributed by atoms with van der Waals surface area (Å²) < 4.78 is 0. The first-order valence-corrected chi connectivity index (χ1v) is 4.34. The van der Waals surface area contributed by atoms with E-state index in [0.717, 1.165) is 0 Å². The van der Waals surface area contributed by atoms with Crippen molar-refractivity contribution >= 4 is 5.91 Å². The number of rotatable bonds is 5. The van der Waals surface area contributed by atoms with Crippen LogP contribution in [-0.2, 0) is 4.79 Å². The first kappa shape index (κ1) is 11.9. The fraction of sp³-hybridized carbons (Fsp3) is 0.778. The molecule has 0 radical (unpaired) electrons. The van der Waals surface area contributed by atoms with Gasteiger partial charge in [-0.05, 0) is 14.0 Å². The van der Waals surface area contributed by atoms with Crippen LogP contribution in [0.1, 0.15) is 13.8 Å². The number of nitriles is 1. The summed E-state index contributed by atoms with van der Waals surface area (Å²) >= 11 is 0. The number of carbonyl (C=O) groups excluding carboxylic acids is 1. The molecular weight excluding hydrogens is 166 g/mol. The van der Waals surface area contributed by atoms with Crippen LogP contribution < -0.4 is 5.73 Å². The Morgan fingerprint density at radius 2 is 2.08 bits per heavy atom. The summed E-state index contributed by atoms with van der Waals surface area (Å²) in [6.45, 7) is 4.93. The molecule has 74 valence electrons. The molecule has 0 heterocycles. The zero-order valence-corrected chi connectivity index (χ0v) is 8.45. The summed E-state index contributed by atoms with van der Waals surface area (Å²) in [6.07, 6.45) is 0. The van der Waals surface area contributed by atoms with Crippen LogP contribution in [0.2, 0.25) is 0 Å². The van der Waals surface area contributed by atoms with E-state index < -0.39 is 0 Å². The van der Waals surface area contributed by atoms with E-state index in [4.69, 9.17) is 11.0 Å². The second kappa shape index (κ2) is 5.55. The Bertz CT molecular complexity index is 209. The maximum absolute atomic E-state index is 10.7. The molecule has 0 aliphatic carbocycles. The van der Waals surface area contributed by atoms with Crippen LogP contribution in [0.25, 0.3) is 0 Å². The number of nitrogens with two attached hydrogens (primary N) is 1. The molecule has 2 unspecified atom stereocenters. The van der Waals surface area contributed by atoms with Crippen molar-refractivity contribution in [2.24, 2.45) is 17.6 Å². The lowest BCUT2D eigenvalue weighted by Crippen LogP contribution is -2.34. The molecule has 1 amide bonds. The average molecular weight is 183 g/mol. The Morgan fingerprint density at radius 1 is 1.54 bits per heavy atom. The van der Waals surface area contributed by atoms with Gasteiger partial charge >= 0.3 is 0 Å². The zero-order valence-electron chi connectivity index (χ0n) is 8.45. The van der Waals surface area contributed by atoms with Crippen molar-refractivity contribution in [3.05, 3.63) is 0 Å². The summed E-state index contributed by atoms with van der Waals surface area (Å²) in [5.41, 5.74) is 5.12. The van der Waals surface area contributed by atoms with E-state index in [2.05, 4.69) is 6.07 Å². The molecule has 0 spiro atoms. The molecule has 0 aromatic rings. The van der Waals surface area contributed by atoms with Crippen molar-refractivity contribution < 1.29 is 4.79 Å². The van der Waals surface area contributed by atoms with Crippen molar-refractivity contribution in [1.29, 1.82) is 5.26 Å². The van der Waals surface area contributed by atoms with Crippen molar-refractivity contribution in [3.8, 4) is 6.07 Å². The second-order valence-corrected chi connectivity index (χ2v) is 3.55. The number of amides is 1. The van der Waals surface area contributed by atoms with Crippen molar-refractivity contribution in [1.82, 2.24) is 4.90 Å². The van der Waals surface area contributed by atoms with Gasteiger partial charge < -0.3 is 10.6 Å². The standard InChI is InChI=1S/C9H17N3O/c1-7(4-10)5-12(3)6-8(2)9(11)13/h7-8H,5-6H2,1-3H3,(H2,11,13). The van der Waals surface area contributed by atoms with Gasteiger partial charge in [-0.15, -0.1) is 0 Å². The molecule has 0 aromatic heterocycles. The molecule has 0 aromatic carbocycles. The number of hydrogen-bond acceptors (Lipinski definition) is 3. The first-order chi connectivity index (χ1) is 5.97. The molecule has 2 atom stereocenters. The summed E-state index contributed by atoms with van der Waals surface area (Å²) in [6, 6.07) is 2.14. The smallest absolute Gasteiger partial charge is 0.221 e. The van der Waals surface area contributed by atoms with Crippen molar-refractivity contribution in [3.63, 3.8) is 0 Å². The van der Waals surface area contributed by atoms with E-state index in [0.29, 0.717) is 13.1 Å². The summed E-state index contributed by atoms with van der Waals surface area (Å²) in [4.78, 5) is 12.7.